The number of ether oxygens (including phenoxy) is 2. The molecule has 0 radical (unpaired) electrons. The Balaban J connectivity index is 1.74. The number of Topliss-reactive ketones (excluding diaryl/α,β-unsaturated/α-hetero) is 1. The maximum absolute atomic E-state index is 11.5. The zero-order chi connectivity index (χ0) is 13.2. The van der Waals surface area contributed by atoms with Gasteiger partial charge in [-0.3, -0.25) is 4.79 Å². The number of rotatable bonds is 2. The van der Waals surface area contributed by atoms with E-state index >= 15 is 0 Å². The lowest BCUT2D eigenvalue weighted by Crippen LogP contribution is -2.31. The van der Waals surface area contributed by atoms with Crippen molar-refractivity contribution < 1.29 is 19.1 Å². The minimum atomic E-state index is -0.413. The first-order valence-electron chi connectivity index (χ1n) is 6.28. The molecule has 0 bridgehead atoms. The third-order valence-electron chi connectivity index (χ3n) is 3.36. The summed E-state index contributed by atoms with van der Waals surface area (Å²) < 4.78 is 11.4. The maximum atomic E-state index is 11.5. The van der Waals surface area contributed by atoms with Crippen LogP contribution < -0.4 is 0 Å². The van der Waals surface area contributed by atoms with Crippen molar-refractivity contribution in [3.8, 4) is 0 Å². The molecule has 19 heavy (non-hydrogen) atoms. The third kappa shape index (κ3) is 2.39. The zero-order valence-electron chi connectivity index (χ0n) is 10.6. The monoisotopic (exact) mass is 261 g/mol. The average Bonchev–Trinajstić information content (AvgIpc) is 2.72. The highest BCUT2D eigenvalue weighted by Crippen LogP contribution is 2.29. The van der Waals surface area contributed by atoms with Gasteiger partial charge in [0.05, 0.1) is 19.1 Å². The number of oxime groups is 1. The standard InChI is InChI=1S/C14H15NO4/c1-9(16)13-11-7-17-14(10-5-3-2-4-6-10)18-8-12(11)19-15-13/h2-6,11-12,14H,7-8H2,1H3/t11-,12-,14+/m1/s1. The smallest absolute Gasteiger partial charge is 0.184 e. The molecule has 2 aliphatic heterocycles. The van der Waals surface area contributed by atoms with Gasteiger partial charge in [-0.2, -0.15) is 0 Å². The van der Waals surface area contributed by atoms with Crippen molar-refractivity contribution in [2.75, 3.05) is 13.2 Å². The highest BCUT2D eigenvalue weighted by atomic mass is 16.7. The average molecular weight is 261 g/mol. The van der Waals surface area contributed by atoms with Crippen molar-refractivity contribution in [3.05, 3.63) is 35.9 Å². The van der Waals surface area contributed by atoms with Gasteiger partial charge in [0.2, 0.25) is 0 Å². The summed E-state index contributed by atoms with van der Waals surface area (Å²) in [5, 5.41) is 3.83. The van der Waals surface area contributed by atoms with Gasteiger partial charge in [-0.15, -0.1) is 0 Å². The van der Waals surface area contributed by atoms with Crippen LogP contribution in [0.15, 0.2) is 35.5 Å². The molecule has 0 saturated carbocycles. The van der Waals surface area contributed by atoms with Crippen LogP contribution in [-0.4, -0.2) is 30.8 Å². The Morgan fingerprint density at radius 1 is 1.21 bits per heavy atom. The quantitative estimate of drug-likeness (QED) is 0.813. The molecule has 1 fully saturated rings. The molecule has 1 aromatic rings. The second kappa shape index (κ2) is 5.11. The second-order valence-corrected chi connectivity index (χ2v) is 4.69. The van der Waals surface area contributed by atoms with Gasteiger partial charge in [-0.25, -0.2) is 0 Å². The van der Waals surface area contributed by atoms with Crippen LogP contribution >= 0.6 is 0 Å². The molecule has 100 valence electrons. The molecule has 2 aliphatic rings. The molecular formula is C14H15NO4. The zero-order valence-corrected chi connectivity index (χ0v) is 10.6. The molecule has 0 spiro atoms. The van der Waals surface area contributed by atoms with Crippen LogP contribution in [0.25, 0.3) is 0 Å². The van der Waals surface area contributed by atoms with Gasteiger partial charge in [0.1, 0.15) is 5.71 Å². The van der Waals surface area contributed by atoms with Gasteiger partial charge in [0, 0.05) is 12.5 Å². The van der Waals surface area contributed by atoms with Gasteiger partial charge in [-0.05, 0) is 0 Å². The SMILES string of the molecule is CC(=O)C1=NO[C@@H]2CO[C@@H](c3ccccc3)OC[C@@H]12. The largest absolute Gasteiger partial charge is 0.389 e. The lowest BCUT2D eigenvalue weighted by atomic mass is 9.96. The van der Waals surface area contributed by atoms with E-state index in [1.807, 2.05) is 30.3 Å². The lowest BCUT2D eigenvalue weighted by Gasteiger charge is -2.15. The highest BCUT2D eigenvalue weighted by molar-refractivity contribution is 6.40. The summed E-state index contributed by atoms with van der Waals surface area (Å²) in [7, 11) is 0. The van der Waals surface area contributed by atoms with Crippen molar-refractivity contribution in [2.45, 2.75) is 19.3 Å². The molecule has 1 saturated heterocycles. The number of carbonyl (C=O) groups is 1. The van der Waals surface area contributed by atoms with E-state index in [0.717, 1.165) is 5.56 Å². The molecule has 3 atom stereocenters. The van der Waals surface area contributed by atoms with Crippen LogP contribution in [0.3, 0.4) is 0 Å². The minimum absolute atomic E-state index is 0.0748. The summed E-state index contributed by atoms with van der Waals surface area (Å²) in [4.78, 5) is 16.7. The molecule has 0 amide bonds. The Morgan fingerprint density at radius 3 is 2.68 bits per heavy atom. The van der Waals surface area contributed by atoms with Crippen LogP contribution in [0, 0.1) is 5.92 Å². The number of nitrogens with zero attached hydrogens (tertiary/aromatic N) is 1. The Labute approximate surface area is 111 Å². The Morgan fingerprint density at radius 2 is 1.95 bits per heavy atom. The first-order valence-corrected chi connectivity index (χ1v) is 6.28. The molecule has 3 rings (SSSR count). The van der Waals surface area contributed by atoms with Crippen LogP contribution in [0.4, 0.5) is 0 Å². The number of hydrogen-bond acceptors (Lipinski definition) is 5. The van der Waals surface area contributed by atoms with Crippen LogP contribution in [0.2, 0.25) is 0 Å². The number of fused-ring (bicyclic) bond motifs is 1. The van der Waals surface area contributed by atoms with Gasteiger partial charge < -0.3 is 14.3 Å². The molecule has 5 nitrogen and oxygen atoms in total. The number of ketones is 1. The van der Waals surface area contributed by atoms with E-state index in [9.17, 15) is 4.79 Å². The van der Waals surface area contributed by atoms with Crippen LogP contribution in [0.5, 0.6) is 0 Å². The molecule has 2 heterocycles. The lowest BCUT2D eigenvalue weighted by molar-refractivity contribution is -0.139. The van der Waals surface area contributed by atoms with E-state index in [-0.39, 0.29) is 17.8 Å². The fraction of sp³-hybridized carbons (Fsp3) is 0.429. The summed E-state index contributed by atoms with van der Waals surface area (Å²) in [6, 6.07) is 9.72. The first kappa shape index (κ1) is 12.3. The van der Waals surface area contributed by atoms with Gasteiger partial charge in [0.15, 0.2) is 18.2 Å². The van der Waals surface area contributed by atoms with Crippen LogP contribution in [0.1, 0.15) is 18.8 Å². The van der Waals surface area contributed by atoms with Gasteiger partial charge in [-0.1, -0.05) is 35.5 Å². The molecule has 0 aliphatic carbocycles. The fourth-order valence-electron chi connectivity index (χ4n) is 2.32. The Hall–Kier alpha value is -1.72. The molecule has 0 N–H and O–H groups in total. The van der Waals surface area contributed by atoms with Gasteiger partial charge >= 0.3 is 0 Å². The summed E-state index contributed by atoms with van der Waals surface area (Å²) in [6.07, 6.45) is -0.642. The van der Waals surface area contributed by atoms with E-state index < -0.39 is 6.29 Å². The maximum Gasteiger partial charge on any atom is 0.184 e. The van der Waals surface area contributed by atoms with E-state index in [1.54, 1.807) is 0 Å². The van der Waals surface area contributed by atoms with Crippen molar-refractivity contribution in [1.29, 1.82) is 0 Å². The molecule has 0 unspecified atom stereocenters. The van der Waals surface area contributed by atoms with Crippen LogP contribution in [-0.2, 0) is 19.1 Å². The number of hydrogen-bond donors (Lipinski definition) is 0. The van der Waals surface area contributed by atoms with E-state index in [2.05, 4.69) is 5.16 Å². The first-order chi connectivity index (χ1) is 9.25. The van der Waals surface area contributed by atoms with Gasteiger partial charge in [0.25, 0.3) is 0 Å². The molecular weight excluding hydrogens is 246 g/mol. The van der Waals surface area contributed by atoms with Crippen molar-refractivity contribution in [1.82, 2.24) is 0 Å². The second-order valence-electron chi connectivity index (χ2n) is 4.69. The Bertz CT molecular complexity index is 499. The molecule has 0 aromatic heterocycles. The van der Waals surface area contributed by atoms with Crippen molar-refractivity contribution in [2.24, 2.45) is 11.1 Å². The molecule has 1 aromatic carbocycles. The van der Waals surface area contributed by atoms with Crippen molar-refractivity contribution >= 4 is 11.5 Å². The number of carbonyl (C=O) groups excluding carboxylic acids is 1. The molecule has 5 heteroatoms. The summed E-state index contributed by atoms with van der Waals surface area (Å²) in [6.45, 7) is 2.23. The van der Waals surface area contributed by atoms with E-state index in [0.29, 0.717) is 18.9 Å². The number of benzene rings is 1. The van der Waals surface area contributed by atoms with Crippen molar-refractivity contribution in [3.63, 3.8) is 0 Å². The van der Waals surface area contributed by atoms with E-state index in [1.165, 1.54) is 6.92 Å². The normalized spacial score (nSPS) is 29.9. The summed E-state index contributed by atoms with van der Waals surface area (Å²) in [5.41, 5.74) is 1.41. The highest BCUT2D eigenvalue weighted by Gasteiger charge is 2.40. The predicted molar refractivity (Wildman–Crippen MR) is 67.6 cm³/mol. The third-order valence-corrected chi connectivity index (χ3v) is 3.36. The Kier molecular flexibility index (Phi) is 3.31. The summed E-state index contributed by atoms with van der Waals surface area (Å²) in [5.74, 6) is -0.208. The summed E-state index contributed by atoms with van der Waals surface area (Å²) >= 11 is 0. The van der Waals surface area contributed by atoms with E-state index in [4.69, 9.17) is 14.3 Å². The topological polar surface area (TPSA) is 57.1 Å². The fourth-order valence-corrected chi connectivity index (χ4v) is 2.32. The predicted octanol–water partition coefficient (Wildman–Crippen LogP) is 1.69. The minimum Gasteiger partial charge on any atom is -0.389 e.